The van der Waals surface area contributed by atoms with Crippen molar-refractivity contribution in [3.05, 3.63) is 0 Å². The molecule has 0 aliphatic carbocycles. The molecule has 0 N–H and O–H groups in total. The van der Waals surface area contributed by atoms with Crippen LogP contribution in [0.3, 0.4) is 0 Å². The molecule has 2 nitrogen and oxygen atoms in total. The molecule has 0 bridgehead atoms. The molecule has 0 saturated heterocycles. The summed E-state index contributed by atoms with van der Waals surface area (Å²) in [6.45, 7) is 8.67. The van der Waals surface area contributed by atoms with Crippen LogP contribution in [-0.2, 0) is 37.4 Å². The van der Waals surface area contributed by atoms with Gasteiger partial charge in [0.1, 0.15) is 0 Å². The van der Waals surface area contributed by atoms with Crippen LogP contribution in [0, 0.1) is 11.8 Å². The third kappa shape index (κ3) is 11.7. The van der Waals surface area contributed by atoms with Crippen LogP contribution in [0.4, 0.5) is 0 Å². The zero-order valence-corrected chi connectivity index (χ0v) is 13.6. The van der Waals surface area contributed by atoms with Gasteiger partial charge in [0.2, 0.25) is 0 Å². The van der Waals surface area contributed by atoms with E-state index in [1.54, 1.807) is 0 Å². The van der Waals surface area contributed by atoms with Crippen molar-refractivity contribution < 1.29 is 30.5 Å². The molecule has 0 aliphatic heterocycles. The normalized spacial score (nSPS) is 15.4. The van der Waals surface area contributed by atoms with Gasteiger partial charge in [-0.15, -0.1) is 11.4 Å². The van der Waals surface area contributed by atoms with E-state index in [9.17, 15) is 4.89 Å². The molecular weight excluding hydrogens is 319 g/mol. The van der Waals surface area contributed by atoms with Gasteiger partial charge in [-0.2, -0.15) is 0 Å². The molecule has 6 heteroatoms. The van der Waals surface area contributed by atoms with Gasteiger partial charge in [-0.3, -0.25) is 0 Å². The maximum atomic E-state index is 11.6. The van der Waals surface area contributed by atoms with Crippen molar-refractivity contribution >= 4 is 28.9 Å². The maximum absolute atomic E-state index is 11.6. The van der Waals surface area contributed by atoms with E-state index in [0.29, 0.717) is 18.4 Å². The fourth-order valence-corrected chi connectivity index (χ4v) is 4.13. The van der Waals surface area contributed by atoms with Crippen LogP contribution in [0.25, 0.3) is 0 Å². The molecule has 1 unspecified atom stereocenters. The molecule has 0 saturated carbocycles. The summed E-state index contributed by atoms with van der Waals surface area (Å²) in [5.41, 5.74) is -2.80. The summed E-state index contributed by atoms with van der Waals surface area (Å²) < 4.78 is 5.17. The Balaban J connectivity index is 0. The molecule has 0 aliphatic rings. The summed E-state index contributed by atoms with van der Waals surface area (Å²) in [6.07, 6.45) is 0. The Morgan fingerprint density at radius 2 is 1.79 bits per heavy atom. The number of rotatable bonds is 6. The van der Waals surface area contributed by atoms with Gasteiger partial charge >= 0.3 is 0 Å². The Bertz CT molecular complexity index is 172. The van der Waals surface area contributed by atoms with E-state index in [-0.39, 0.29) is 21.1 Å². The van der Waals surface area contributed by atoms with Gasteiger partial charge in [0.05, 0.1) is 6.61 Å². The van der Waals surface area contributed by atoms with Crippen molar-refractivity contribution in [3.8, 4) is 0 Å². The molecule has 0 aromatic rings. The Morgan fingerprint density at radius 3 is 2.14 bits per heavy atom. The summed E-state index contributed by atoms with van der Waals surface area (Å²) >= 11 is 6.15. The van der Waals surface area contributed by atoms with Crippen LogP contribution >= 0.6 is 17.1 Å². The Kier molecular flexibility index (Phi) is 11.2. The molecule has 0 aromatic carbocycles. The van der Waals surface area contributed by atoms with Gasteiger partial charge in [-0.1, -0.05) is 39.5 Å². The summed E-state index contributed by atoms with van der Waals surface area (Å²) in [6, 6.07) is 0. The van der Waals surface area contributed by atoms with E-state index >= 15 is 0 Å². The van der Waals surface area contributed by atoms with Gasteiger partial charge in [0.25, 0.3) is 0 Å². The first-order valence-electron chi connectivity index (χ1n) is 4.43. The average molecular weight is 337 g/mol. The van der Waals surface area contributed by atoms with Crippen LogP contribution < -0.4 is 4.89 Å². The first-order valence-corrected chi connectivity index (χ1v) is 8.66. The topological polar surface area (TPSA) is 32.3 Å². The van der Waals surface area contributed by atoms with Crippen molar-refractivity contribution in [2.45, 2.75) is 27.7 Å². The molecule has 1 atom stereocenters. The quantitative estimate of drug-likeness (QED) is 0.551. The monoisotopic (exact) mass is 339 g/mol. The predicted molar refractivity (Wildman–Crippen MR) is 62.4 cm³/mol. The van der Waals surface area contributed by atoms with Gasteiger partial charge in [-0.25, -0.2) is 0 Å². The van der Waals surface area contributed by atoms with Crippen molar-refractivity contribution in [1.29, 1.82) is 0 Å². The van der Waals surface area contributed by atoms with E-state index in [0.717, 1.165) is 5.75 Å². The molecule has 0 aromatic heterocycles. The Morgan fingerprint density at radius 1 is 1.29 bits per heavy atom. The van der Waals surface area contributed by atoms with E-state index in [1.165, 1.54) is 11.4 Å². The zero-order valence-electron chi connectivity index (χ0n) is 9.06. The molecule has 0 rings (SSSR count). The van der Waals surface area contributed by atoms with Gasteiger partial charge < -0.3 is 9.42 Å². The second kappa shape index (κ2) is 8.73. The largest absolute Gasteiger partial charge is 0.793 e. The summed E-state index contributed by atoms with van der Waals surface area (Å²) in [7, 11) is 0. The van der Waals surface area contributed by atoms with Crippen molar-refractivity contribution in [2.75, 3.05) is 12.4 Å². The fourth-order valence-electron chi connectivity index (χ4n) is 0.518. The van der Waals surface area contributed by atoms with E-state index in [4.69, 9.17) is 16.3 Å². The molecule has 0 heterocycles. The first kappa shape index (κ1) is 18.0. The molecular formula is C8H18MoO2PS2-. The van der Waals surface area contributed by atoms with Crippen LogP contribution in [-0.4, -0.2) is 12.4 Å². The average Bonchev–Trinajstić information content (AvgIpc) is 1.98. The van der Waals surface area contributed by atoms with Gasteiger partial charge in [-0.05, 0) is 11.8 Å². The van der Waals surface area contributed by atoms with Crippen molar-refractivity contribution in [1.82, 2.24) is 0 Å². The molecule has 0 amide bonds. The van der Waals surface area contributed by atoms with Crippen molar-refractivity contribution in [2.24, 2.45) is 11.8 Å². The van der Waals surface area contributed by atoms with Gasteiger partial charge in [0.15, 0.2) is 0 Å². The fraction of sp³-hybridized carbons (Fsp3) is 1.00. The third-order valence-corrected chi connectivity index (χ3v) is 5.71. The third-order valence-electron chi connectivity index (χ3n) is 1.13. The minimum absolute atomic E-state index is 0. The SMILES string of the molecule is CC(C)COP([O-])(=S)SCC(C)C.[Mo]. The smallest absolute Gasteiger partial charge is 0.0536 e. The second-order valence-corrected chi connectivity index (χ2v) is 9.92. The number of hydrogen-bond acceptors (Lipinski definition) is 4. The summed E-state index contributed by atoms with van der Waals surface area (Å²) in [5.74, 6) is 1.69. The maximum Gasteiger partial charge on any atom is 0.0536 e. The second-order valence-electron chi connectivity index (χ2n) is 3.83. The first-order chi connectivity index (χ1) is 5.83. The van der Waals surface area contributed by atoms with Crippen LogP contribution in [0.15, 0.2) is 0 Å². The molecule has 0 fully saturated rings. The van der Waals surface area contributed by atoms with E-state index < -0.39 is 5.69 Å². The van der Waals surface area contributed by atoms with Gasteiger partial charge in [0, 0.05) is 32.5 Å². The van der Waals surface area contributed by atoms with Crippen LogP contribution in [0.5, 0.6) is 0 Å². The zero-order chi connectivity index (χ0) is 10.5. The Labute approximate surface area is 111 Å². The molecule has 86 valence electrons. The van der Waals surface area contributed by atoms with E-state index in [2.05, 4.69) is 13.8 Å². The summed E-state index contributed by atoms with van der Waals surface area (Å²) in [4.78, 5) is 11.6. The minimum Gasteiger partial charge on any atom is -0.793 e. The summed E-state index contributed by atoms with van der Waals surface area (Å²) in [5, 5.41) is 0. The molecule has 14 heavy (non-hydrogen) atoms. The van der Waals surface area contributed by atoms with Crippen LogP contribution in [0.1, 0.15) is 27.7 Å². The minimum atomic E-state index is -2.80. The van der Waals surface area contributed by atoms with Crippen LogP contribution in [0.2, 0.25) is 0 Å². The molecule has 0 spiro atoms. The molecule has 0 radical (unpaired) electrons. The van der Waals surface area contributed by atoms with E-state index in [1.807, 2.05) is 13.8 Å². The Hall–Kier alpha value is 1.61. The standard InChI is InChI=1S/C8H19O2PS2.Mo/c1-7(2)5-10-11(9,12)13-6-8(3)4;/h7-8H,5-6H2,1-4H3,(H,9,12);/p-1. The predicted octanol–water partition coefficient (Wildman–Crippen LogP) is 2.63. The number of hydrogen-bond donors (Lipinski definition) is 0. The van der Waals surface area contributed by atoms with Crippen molar-refractivity contribution in [3.63, 3.8) is 0 Å².